The Kier molecular flexibility index (Phi) is 6.45. The molecule has 1 fully saturated rings. The number of piperidine rings is 1. The summed E-state index contributed by atoms with van der Waals surface area (Å²) in [6.45, 7) is 4.82. The number of nitrogens with zero attached hydrogens (tertiary/aromatic N) is 3. The van der Waals surface area contributed by atoms with Crippen LogP contribution in [0.25, 0.3) is 0 Å². The summed E-state index contributed by atoms with van der Waals surface area (Å²) >= 11 is 0. The van der Waals surface area contributed by atoms with Gasteiger partial charge in [-0.05, 0) is 43.9 Å². The number of carboxylic acids is 1. The minimum absolute atomic E-state index is 0.0715. The number of aromatic nitrogens is 2. The topological polar surface area (TPSA) is 105 Å². The van der Waals surface area contributed by atoms with Crippen molar-refractivity contribution >= 4 is 11.9 Å². The summed E-state index contributed by atoms with van der Waals surface area (Å²) in [5.74, 6) is -0.753. The van der Waals surface area contributed by atoms with Crippen LogP contribution in [0, 0.1) is 12.3 Å². The van der Waals surface area contributed by atoms with Crippen LogP contribution in [-0.4, -0.2) is 63.1 Å². The molecule has 1 saturated heterocycles. The first-order valence-corrected chi connectivity index (χ1v) is 10.2. The molecule has 1 aromatic carbocycles. The van der Waals surface area contributed by atoms with Crippen LogP contribution in [-0.2, 0) is 17.8 Å². The molecule has 3 rings (SSSR count). The third-order valence-electron chi connectivity index (χ3n) is 5.92. The van der Waals surface area contributed by atoms with Gasteiger partial charge in [-0.15, -0.1) is 0 Å². The van der Waals surface area contributed by atoms with Crippen molar-refractivity contribution in [3.05, 3.63) is 47.3 Å². The van der Waals surface area contributed by atoms with E-state index in [9.17, 15) is 19.8 Å². The van der Waals surface area contributed by atoms with Gasteiger partial charge in [-0.1, -0.05) is 19.1 Å². The summed E-state index contributed by atoms with van der Waals surface area (Å²) in [6.07, 6.45) is 1.68. The number of hydrogen-bond donors (Lipinski definition) is 2. The average molecular weight is 415 g/mol. The maximum absolute atomic E-state index is 13.2. The van der Waals surface area contributed by atoms with Crippen molar-refractivity contribution in [2.45, 2.75) is 45.8 Å². The van der Waals surface area contributed by atoms with Gasteiger partial charge in [0.2, 0.25) is 0 Å². The predicted molar refractivity (Wildman–Crippen MR) is 111 cm³/mol. The average Bonchev–Trinajstić information content (AvgIpc) is 3.09. The third kappa shape index (κ3) is 4.05. The second kappa shape index (κ2) is 8.87. The van der Waals surface area contributed by atoms with Crippen molar-refractivity contribution in [1.29, 1.82) is 0 Å². The van der Waals surface area contributed by atoms with Crippen LogP contribution in [0.15, 0.2) is 30.5 Å². The second-order valence-corrected chi connectivity index (χ2v) is 7.89. The number of aryl methyl sites for hydroxylation is 1. The van der Waals surface area contributed by atoms with Crippen molar-refractivity contribution in [1.82, 2.24) is 14.7 Å². The van der Waals surface area contributed by atoms with Crippen LogP contribution in [0.5, 0.6) is 5.75 Å². The van der Waals surface area contributed by atoms with E-state index in [1.54, 1.807) is 42.3 Å². The van der Waals surface area contributed by atoms with E-state index >= 15 is 0 Å². The molecule has 0 saturated carbocycles. The number of aliphatic carboxylic acids is 1. The Morgan fingerprint density at radius 2 is 2.13 bits per heavy atom. The van der Waals surface area contributed by atoms with E-state index in [0.29, 0.717) is 24.4 Å². The Hall–Kier alpha value is -2.87. The van der Waals surface area contributed by atoms with E-state index in [-0.39, 0.29) is 25.3 Å². The van der Waals surface area contributed by atoms with Crippen molar-refractivity contribution in [2.24, 2.45) is 5.41 Å². The van der Waals surface area contributed by atoms with Crippen molar-refractivity contribution < 1.29 is 24.5 Å². The molecule has 30 heavy (non-hydrogen) atoms. The summed E-state index contributed by atoms with van der Waals surface area (Å²) in [6, 6.07) is 7.13. The zero-order valence-corrected chi connectivity index (χ0v) is 17.7. The first-order valence-electron chi connectivity index (χ1n) is 10.2. The minimum Gasteiger partial charge on any atom is -0.497 e. The summed E-state index contributed by atoms with van der Waals surface area (Å²) in [5, 5.41) is 25.1. The molecule has 2 heterocycles. The standard InChI is InChI=1S/C22H29N3O5/c1-4-9-25-15(2)18(13-23-25)20(27)24-10-8-19(26)22(14-24,21(28)29)12-16-6-5-7-17(11-16)30-3/h5-7,11,13,19,26H,4,8-10,12,14H2,1-3H3,(H,28,29)/t19-,22+/m0/s1. The second-order valence-electron chi connectivity index (χ2n) is 7.89. The summed E-state index contributed by atoms with van der Waals surface area (Å²) in [5.41, 5.74) is 0.479. The molecule has 2 atom stereocenters. The van der Waals surface area contributed by atoms with Crippen molar-refractivity contribution in [3.63, 3.8) is 0 Å². The quantitative estimate of drug-likeness (QED) is 0.718. The molecule has 1 aliphatic rings. The van der Waals surface area contributed by atoms with E-state index in [4.69, 9.17) is 4.74 Å². The van der Waals surface area contributed by atoms with Crippen LogP contribution >= 0.6 is 0 Å². The number of aliphatic hydroxyl groups excluding tert-OH is 1. The van der Waals surface area contributed by atoms with E-state index < -0.39 is 17.5 Å². The number of methoxy groups -OCH3 is 1. The Labute approximate surface area is 176 Å². The molecule has 8 heteroatoms. The SMILES string of the molecule is CCCn1ncc(C(=O)N2CC[C@H](O)[C@](Cc3cccc(OC)c3)(C(=O)O)C2)c1C. The largest absolute Gasteiger partial charge is 0.497 e. The number of carbonyl (C=O) groups is 2. The lowest BCUT2D eigenvalue weighted by Crippen LogP contribution is -2.58. The number of carbonyl (C=O) groups excluding carboxylic acids is 1. The van der Waals surface area contributed by atoms with Crippen molar-refractivity contribution in [3.8, 4) is 5.75 Å². The summed E-state index contributed by atoms with van der Waals surface area (Å²) in [4.78, 5) is 27.1. The number of rotatable bonds is 7. The maximum atomic E-state index is 13.2. The lowest BCUT2D eigenvalue weighted by atomic mass is 9.72. The monoisotopic (exact) mass is 415 g/mol. The lowest BCUT2D eigenvalue weighted by Gasteiger charge is -2.43. The van der Waals surface area contributed by atoms with Crippen LogP contribution in [0.3, 0.4) is 0 Å². The number of carboxylic acid groups (broad SMARTS) is 1. The van der Waals surface area contributed by atoms with Gasteiger partial charge in [-0.2, -0.15) is 5.10 Å². The van der Waals surface area contributed by atoms with Gasteiger partial charge in [-0.3, -0.25) is 14.3 Å². The highest BCUT2D eigenvalue weighted by Crippen LogP contribution is 2.36. The lowest BCUT2D eigenvalue weighted by molar-refractivity contribution is -0.161. The fraction of sp³-hybridized carbons (Fsp3) is 0.500. The summed E-state index contributed by atoms with van der Waals surface area (Å²) in [7, 11) is 1.54. The van der Waals surface area contributed by atoms with E-state index in [0.717, 1.165) is 17.7 Å². The highest BCUT2D eigenvalue weighted by Gasteiger charge is 2.50. The Morgan fingerprint density at radius 1 is 1.37 bits per heavy atom. The van der Waals surface area contributed by atoms with Gasteiger partial charge in [0.05, 0.1) is 25.0 Å². The molecule has 1 aliphatic heterocycles. The highest BCUT2D eigenvalue weighted by molar-refractivity contribution is 5.95. The summed E-state index contributed by atoms with van der Waals surface area (Å²) < 4.78 is 7.02. The number of likely N-dealkylation sites (tertiary alicyclic amines) is 1. The fourth-order valence-electron chi connectivity index (χ4n) is 4.12. The molecule has 1 amide bonds. The number of hydrogen-bond acceptors (Lipinski definition) is 5. The van der Waals surface area contributed by atoms with Crippen LogP contribution < -0.4 is 4.74 Å². The zero-order chi connectivity index (χ0) is 21.9. The number of ether oxygens (including phenoxy) is 1. The molecule has 0 unspecified atom stereocenters. The molecule has 8 nitrogen and oxygen atoms in total. The molecule has 1 aromatic heterocycles. The van der Waals surface area contributed by atoms with Gasteiger partial charge in [0.1, 0.15) is 11.2 Å². The maximum Gasteiger partial charge on any atom is 0.314 e. The Balaban J connectivity index is 1.89. The molecular formula is C22H29N3O5. The molecule has 2 N–H and O–H groups in total. The number of benzene rings is 1. The first-order chi connectivity index (χ1) is 14.3. The van der Waals surface area contributed by atoms with Crippen LogP contribution in [0.2, 0.25) is 0 Å². The van der Waals surface area contributed by atoms with Crippen LogP contribution in [0.1, 0.15) is 41.4 Å². The normalized spacial score (nSPS) is 21.5. The molecule has 0 radical (unpaired) electrons. The molecule has 0 bridgehead atoms. The predicted octanol–water partition coefficient (Wildman–Crippen LogP) is 2.13. The van der Waals surface area contributed by atoms with Crippen LogP contribution in [0.4, 0.5) is 0 Å². The zero-order valence-electron chi connectivity index (χ0n) is 17.7. The van der Waals surface area contributed by atoms with Gasteiger partial charge < -0.3 is 19.8 Å². The van der Waals surface area contributed by atoms with Gasteiger partial charge >= 0.3 is 5.97 Å². The first kappa shape index (κ1) is 21.8. The van der Waals surface area contributed by atoms with Gasteiger partial charge in [-0.25, -0.2) is 0 Å². The third-order valence-corrected chi connectivity index (χ3v) is 5.92. The Morgan fingerprint density at radius 3 is 2.80 bits per heavy atom. The van der Waals surface area contributed by atoms with E-state index in [1.165, 1.54) is 4.90 Å². The van der Waals surface area contributed by atoms with Gasteiger partial charge in [0, 0.05) is 25.3 Å². The van der Waals surface area contributed by atoms with E-state index in [2.05, 4.69) is 5.10 Å². The fourth-order valence-corrected chi connectivity index (χ4v) is 4.12. The van der Waals surface area contributed by atoms with Gasteiger partial charge in [0.15, 0.2) is 0 Å². The smallest absolute Gasteiger partial charge is 0.314 e. The molecule has 162 valence electrons. The molecule has 2 aromatic rings. The van der Waals surface area contributed by atoms with Crippen molar-refractivity contribution in [2.75, 3.05) is 20.2 Å². The number of aliphatic hydroxyl groups is 1. The minimum atomic E-state index is -1.49. The Bertz CT molecular complexity index is 925. The van der Waals surface area contributed by atoms with E-state index in [1.807, 2.05) is 13.8 Å². The molecule has 0 spiro atoms. The molecule has 0 aliphatic carbocycles. The highest BCUT2D eigenvalue weighted by atomic mass is 16.5. The molecular weight excluding hydrogens is 386 g/mol. The van der Waals surface area contributed by atoms with Gasteiger partial charge in [0.25, 0.3) is 5.91 Å². The number of amides is 1.